The minimum atomic E-state index is -0.0560. The second-order valence-electron chi connectivity index (χ2n) is 5.02. The zero-order valence-electron chi connectivity index (χ0n) is 10.7. The fraction of sp³-hybridized carbons (Fsp3) is 0.417. The van der Waals surface area contributed by atoms with Crippen LogP contribution in [0.15, 0.2) is 24.4 Å². The SMILES string of the molecule is CC(C)(C)n1cc(CNc2cccc(Cl)n2)nn1. The molecule has 0 aromatic carbocycles. The van der Waals surface area contributed by atoms with Gasteiger partial charge in [0.2, 0.25) is 0 Å². The van der Waals surface area contributed by atoms with Crippen LogP contribution in [0.5, 0.6) is 0 Å². The summed E-state index contributed by atoms with van der Waals surface area (Å²) in [5, 5.41) is 11.8. The monoisotopic (exact) mass is 265 g/mol. The van der Waals surface area contributed by atoms with E-state index in [0.717, 1.165) is 11.5 Å². The van der Waals surface area contributed by atoms with Crippen LogP contribution in [0.4, 0.5) is 5.82 Å². The van der Waals surface area contributed by atoms with Crippen molar-refractivity contribution in [1.82, 2.24) is 20.0 Å². The van der Waals surface area contributed by atoms with Crippen molar-refractivity contribution in [2.24, 2.45) is 0 Å². The molecule has 18 heavy (non-hydrogen) atoms. The second kappa shape index (κ2) is 4.94. The van der Waals surface area contributed by atoms with Crippen molar-refractivity contribution in [3.8, 4) is 0 Å². The van der Waals surface area contributed by atoms with E-state index < -0.39 is 0 Å². The molecule has 2 aromatic rings. The molecule has 0 saturated heterocycles. The van der Waals surface area contributed by atoms with Gasteiger partial charge >= 0.3 is 0 Å². The number of anilines is 1. The highest BCUT2D eigenvalue weighted by molar-refractivity contribution is 6.29. The molecule has 0 spiro atoms. The lowest BCUT2D eigenvalue weighted by atomic mass is 10.1. The van der Waals surface area contributed by atoms with E-state index in [2.05, 4.69) is 41.4 Å². The molecule has 0 aliphatic carbocycles. The Morgan fingerprint density at radius 3 is 2.72 bits per heavy atom. The summed E-state index contributed by atoms with van der Waals surface area (Å²) < 4.78 is 1.84. The van der Waals surface area contributed by atoms with Gasteiger partial charge in [-0.05, 0) is 32.9 Å². The second-order valence-corrected chi connectivity index (χ2v) is 5.41. The summed E-state index contributed by atoms with van der Waals surface area (Å²) >= 11 is 5.81. The first-order chi connectivity index (χ1) is 8.45. The van der Waals surface area contributed by atoms with Gasteiger partial charge < -0.3 is 5.32 Å². The Balaban J connectivity index is 2.01. The van der Waals surface area contributed by atoms with Gasteiger partial charge in [-0.1, -0.05) is 22.9 Å². The van der Waals surface area contributed by atoms with Gasteiger partial charge in [-0.15, -0.1) is 5.10 Å². The molecule has 0 saturated carbocycles. The summed E-state index contributed by atoms with van der Waals surface area (Å²) in [6.45, 7) is 6.82. The number of aromatic nitrogens is 4. The summed E-state index contributed by atoms with van der Waals surface area (Å²) in [7, 11) is 0. The number of nitrogens with zero attached hydrogens (tertiary/aromatic N) is 4. The average molecular weight is 266 g/mol. The van der Waals surface area contributed by atoms with Gasteiger partial charge in [0.1, 0.15) is 16.7 Å². The summed E-state index contributed by atoms with van der Waals surface area (Å²) in [5.74, 6) is 0.729. The van der Waals surface area contributed by atoms with Crippen molar-refractivity contribution in [3.63, 3.8) is 0 Å². The Morgan fingerprint density at radius 1 is 1.33 bits per heavy atom. The van der Waals surface area contributed by atoms with E-state index in [0.29, 0.717) is 11.7 Å². The van der Waals surface area contributed by atoms with Crippen LogP contribution in [-0.2, 0) is 12.1 Å². The smallest absolute Gasteiger partial charge is 0.131 e. The van der Waals surface area contributed by atoms with Crippen molar-refractivity contribution in [3.05, 3.63) is 35.2 Å². The molecule has 96 valence electrons. The highest BCUT2D eigenvalue weighted by Gasteiger charge is 2.14. The molecular weight excluding hydrogens is 250 g/mol. The maximum Gasteiger partial charge on any atom is 0.131 e. The first-order valence-corrected chi connectivity index (χ1v) is 6.11. The number of halogens is 1. The quantitative estimate of drug-likeness (QED) is 0.867. The third-order valence-electron chi connectivity index (χ3n) is 2.39. The number of hydrogen-bond donors (Lipinski definition) is 1. The maximum absolute atomic E-state index is 5.81. The Labute approximate surface area is 111 Å². The van der Waals surface area contributed by atoms with Crippen LogP contribution in [-0.4, -0.2) is 20.0 Å². The number of hydrogen-bond acceptors (Lipinski definition) is 4. The predicted molar refractivity (Wildman–Crippen MR) is 71.6 cm³/mol. The molecule has 0 fully saturated rings. The van der Waals surface area contributed by atoms with E-state index in [4.69, 9.17) is 11.6 Å². The van der Waals surface area contributed by atoms with Crippen molar-refractivity contribution in [2.45, 2.75) is 32.9 Å². The van der Waals surface area contributed by atoms with Crippen LogP contribution in [0.2, 0.25) is 5.15 Å². The highest BCUT2D eigenvalue weighted by atomic mass is 35.5. The van der Waals surface area contributed by atoms with Crippen LogP contribution in [0, 0.1) is 0 Å². The van der Waals surface area contributed by atoms with Gasteiger partial charge in [0.25, 0.3) is 0 Å². The molecule has 0 aliphatic heterocycles. The summed E-state index contributed by atoms with van der Waals surface area (Å²) in [4.78, 5) is 4.14. The molecular formula is C12H16ClN5. The molecule has 2 heterocycles. The molecule has 0 atom stereocenters. The molecule has 2 rings (SSSR count). The Morgan fingerprint density at radius 2 is 2.11 bits per heavy atom. The molecule has 0 amide bonds. The van der Waals surface area contributed by atoms with Gasteiger partial charge in [0, 0.05) is 0 Å². The van der Waals surface area contributed by atoms with Crippen LogP contribution in [0.1, 0.15) is 26.5 Å². The molecule has 0 aliphatic rings. The fourth-order valence-corrected chi connectivity index (χ4v) is 1.56. The number of nitrogens with one attached hydrogen (secondary N) is 1. The normalized spacial score (nSPS) is 11.6. The van der Waals surface area contributed by atoms with Gasteiger partial charge in [-0.2, -0.15) is 0 Å². The summed E-state index contributed by atoms with van der Waals surface area (Å²) in [6, 6.07) is 5.45. The number of rotatable bonds is 3. The van der Waals surface area contributed by atoms with Crippen molar-refractivity contribution in [2.75, 3.05) is 5.32 Å². The first kappa shape index (κ1) is 12.8. The third-order valence-corrected chi connectivity index (χ3v) is 2.60. The zero-order chi connectivity index (χ0) is 13.2. The largest absolute Gasteiger partial charge is 0.364 e. The lowest BCUT2D eigenvalue weighted by molar-refractivity contribution is 0.347. The van der Waals surface area contributed by atoms with Gasteiger partial charge in [-0.3, -0.25) is 0 Å². The molecule has 1 N–H and O–H groups in total. The summed E-state index contributed by atoms with van der Waals surface area (Å²) in [5.41, 5.74) is 0.811. The van der Waals surface area contributed by atoms with E-state index >= 15 is 0 Å². The first-order valence-electron chi connectivity index (χ1n) is 5.73. The summed E-state index contributed by atoms with van der Waals surface area (Å²) in [6.07, 6.45) is 1.93. The molecule has 2 aromatic heterocycles. The van der Waals surface area contributed by atoms with Crippen molar-refractivity contribution in [1.29, 1.82) is 0 Å². The lowest BCUT2D eigenvalue weighted by Gasteiger charge is -2.17. The third kappa shape index (κ3) is 3.20. The fourth-order valence-electron chi connectivity index (χ4n) is 1.40. The lowest BCUT2D eigenvalue weighted by Crippen LogP contribution is -2.22. The van der Waals surface area contributed by atoms with Gasteiger partial charge in [0.05, 0.1) is 18.3 Å². The van der Waals surface area contributed by atoms with E-state index in [-0.39, 0.29) is 5.54 Å². The molecule has 6 heteroatoms. The maximum atomic E-state index is 5.81. The molecule has 5 nitrogen and oxygen atoms in total. The minimum Gasteiger partial charge on any atom is -0.364 e. The predicted octanol–water partition coefficient (Wildman–Crippen LogP) is 2.69. The minimum absolute atomic E-state index is 0.0560. The van der Waals surface area contributed by atoms with Crippen molar-refractivity contribution < 1.29 is 0 Å². The van der Waals surface area contributed by atoms with Crippen LogP contribution in [0.25, 0.3) is 0 Å². The van der Waals surface area contributed by atoms with Gasteiger partial charge in [-0.25, -0.2) is 9.67 Å². The Kier molecular flexibility index (Phi) is 3.52. The van der Waals surface area contributed by atoms with E-state index in [1.807, 2.05) is 23.0 Å². The number of pyridine rings is 1. The average Bonchev–Trinajstić information content (AvgIpc) is 2.74. The van der Waals surface area contributed by atoms with E-state index in [9.17, 15) is 0 Å². The topological polar surface area (TPSA) is 55.6 Å². The van der Waals surface area contributed by atoms with Crippen LogP contribution in [0.3, 0.4) is 0 Å². The molecule has 0 radical (unpaired) electrons. The highest BCUT2D eigenvalue weighted by Crippen LogP contribution is 2.13. The van der Waals surface area contributed by atoms with Crippen LogP contribution >= 0.6 is 11.6 Å². The molecule has 0 bridgehead atoms. The van der Waals surface area contributed by atoms with E-state index in [1.54, 1.807) is 6.07 Å². The standard InChI is InChI=1S/C12H16ClN5/c1-12(2,3)18-8-9(16-17-18)7-14-11-6-4-5-10(13)15-11/h4-6,8H,7H2,1-3H3,(H,14,15). The molecule has 0 unspecified atom stereocenters. The van der Waals surface area contributed by atoms with Gasteiger partial charge in [0.15, 0.2) is 0 Å². The van der Waals surface area contributed by atoms with E-state index in [1.165, 1.54) is 0 Å². The Bertz CT molecular complexity index is 529. The zero-order valence-corrected chi connectivity index (χ0v) is 11.4. The van der Waals surface area contributed by atoms with Crippen molar-refractivity contribution >= 4 is 17.4 Å². The Hall–Kier alpha value is -1.62. The van der Waals surface area contributed by atoms with Crippen LogP contribution < -0.4 is 5.32 Å².